The lowest BCUT2D eigenvalue weighted by molar-refractivity contribution is -0.136. The van der Waals surface area contributed by atoms with Gasteiger partial charge in [-0.05, 0) is 46.3 Å². The zero-order valence-corrected chi connectivity index (χ0v) is 25.1. The molecule has 14 heteroatoms. The molecular formula is C24H14BrCl5O7S. The second-order valence-corrected chi connectivity index (χ2v) is 10.7. The molecule has 2 heterocycles. The predicted molar refractivity (Wildman–Crippen MR) is 152 cm³/mol. The van der Waals surface area contributed by atoms with E-state index >= 15 is 0 Å². The summed E-state index contributed by atoms with van der Waals surface area (Å²) in [6, 6.07) is 4.13. The summed E-state index contributed by atoms with van der Waals surface area (Å²) in [6.45, 7) is 0. The molecule has 7 nitrogen and oxygen atoms in total. The van der Waals surface area contributed by atoms with Gasteiger partial charge in [0.1, 0.15) is 22.3 Å². The van der Waals surface area contributed by atoms with Crippen molar-refractivity contribution >= 4 is 98.5 Å². The van der Waals surface area contributed by atoms with Crippen molar-refractivity contribution in [2.75, 3.05) is 6.26 Å². The molecule has 0 bridgehead atoms. The highest BCUT2D eigenvalue weighted by Gasteiger charge is 2.57. The monoisotopic (exact) mass is 700 g/mol. The van der Waals surface area contributed by atoms with Crippen LogP contribution in [0.15, 0.2) is 22.7 Å². The number of fused-ring (bicyclic) bond motifs is 6. The van der Waals surface area contributed by atoms with Gasteiger partial charge in [-0.3, -0.25) is 4.79 Å². The largest absolute Gasteiger partial charge is 0.507 e. The minimum atomic E-state index is -1.87. The average molecular weight is 704 g/mol. The molecular weight excluding hydrogens is 689 g/mol. The summed E-state index contributed by atoms with van der Waals surface area (Å²) in [7, 11) is 0. The highest BCUT2D eigenvalue weighted by atomic mass is 79.9. The van der Waals surface area contributed by atoms with E-state index in [-0.39, 0.29) is 87.5 Å². The predicted octanol–water partition coefficient (Wildman–Crippen LogP) is 8.26. The number of carbonyl (C=O) groups is 2. The molecule has 0 radical (unpaired) electrons. The Kier molecular flexibility index (Phi) is 8.23. The molecule has 38 heavy (non-hydrogen) atoms. The fraction of sp³-hybridized carbons (Fsp3) is 0.167. The second-order valence-electron chi connectivity index (χ2n) is 7.95. The van der Waals surface area contributed by atoms with Crippen molar-refractivity contribution in [1.82, 2.24) is 0 Å². The number of thiol groups is 1. The highest BCUT2D eigenvalue weighted by molar-refractivity contribution is 9.10. The third-order valence-electron chi connectivity index (χ3n) is 5.97. The van der Waals surface area contributed by atoms with Crippen LogP contribution in [-0.4, -0.2) is 33.5 Å². The summed E-state index contributed by atoms with van der Waals surface area (Å²) in [5, 5.41) is 29.3. The Labute approximate surface area is 254 Å². The number of hydrogen-bond donors (Lipinski definition) is 4. The molecule has 200 valence electrons. The van der Waals surface area contributed by atoms with Gasteiger partial charge in [-0.1, -0.05) is 58.0 Å². The fourth-order valence-corrected chi connectivity index (χ4v) is 6.07. The summed E-state index contributed by atoms with van der Waals surface area (Å²) >= 11 is 38.9. The number of aryl methyl sites for hydroxylation is 1. The first-order valence-corrected chi connectivity index (χ1v) is 14.0. The van der Waals surface area contributed by atoms with Crippen LogP contribution in [0.25, 0.3) is 0 Å². The van der Waals surface area contributed by atoms with E-state index in [4.69, 9.17) is 72.6 Å². The van der Waals surface area contributed by atoms with E-state index in [1.807, 2.05) is 0 Å². The quantitative estimate of drug-likeness (QED) is 0.0941. The number of carboxylic acids is 1. The van der Waals surface area contributed by atoms with Gasteiger partial charge < -0.3 is 24.8 Å². The standard InChI is InChI=1S/C23H10BrCl5O7.CH4S/c24-9-4-7-11(5-10(9)30)35-21-8(3-6(1-2-12(31)32)20(33)19(21)29)23(7)14-13(22(34)36-23)15(25)17(27)18(28)16(14)26;1-2/h3-5,30,33H,1-2H2,(H,31,32);2H,1H3. The number of aromatic hydroxyl groups is 2. The highest BCUT2D eigenvalue weighted by Crippen LogP contribution is 2.63. The molecule has 1 atom stereocenters. The van der Waals surface area contributed by atoms with Gasteiger partial charge in [-0.2, -0.15) is 12.6 Å². The van der Waals surface area contributed by atoms with Crippen molar-refractivity contribution in [2.24, 2.45) is 0 Å². The molecule has 3 N–H and O–H groups in total. The van der Waals surface area contributed by atoms with Gasteiger partial charge in [-0.25, -0.2) is 4.79 Å². The number of phenols is 2. The van der Waals surface area contributed by atoms with Crippen LogP contribution in [0.4, 0.5) is 0 Å². The van der Waals surface area contributed by atoms with Crippen molar-refractivity contribution in [1.29, 1.82) is 0 Å². The molecule has 2 aliphatic rings. The van der Waals surface area contributed by atoms with Gasteiger partial charge in [0.2, 0.25) is 0 Å². The number of carboxylic acid groups (broad SMARTS) is 1. The zero-order chi connectivity index (χ0) is 28.3. The zero-order valence-electron chi connectivity index (χ0n) is 18.8. The number of phenolic OH excluding ortho intramolecular Hbond substituents is 2. The number of hydrogen-bond acceptors (Lipinski definition) is 7. The summed E-state index contributed by atoms with van der Waals surface area (Å²) in [6.07, 6.45) is 1.27. The van der Waals surface area contributed by atoms with E-state index in [1.165, 1.54) is 18.2 Å². The summed E-state index contributed by atoms with van der Waals surface area (Å²) in [5.41, 5.74) is -1.47. The van der Waals surface area contributed by atoms with Crippen molar-refractivity contribution in [2.45, 2.75) is 18.4 Å². The molecule has 0 fully saturated rings. The lowest BCUT2D eigenvalue weighted by atomic mass is 9.76. The van der Waals surface area contributed by atoms with Crippen LogP contribution < -0.4 is 4.74 Å². The van der Waals surface area contributed by atoms with Crippen molar-refractivity contribution in [3.63, 3.8) is 0 Å². The number of benzene rings is 3. The maximum absolute atomic E-state index is 13.3. The smallest absolute Gasteiger partial charge is 0.341 e. The van der Waals surface area contributed by atoms with Gasteiger partial charge in [-0.15, -0.1) is 0 Å². The second kappa shape index (κ2) is 10.7. The molecule has 0 aromatic heterocycles. The molecule has 2 aliphatic heterocycles. The summed E-state index contributed by atoms with van der Waals surface area (Å²) < 4.78 is 12.2. The van der Waals surface area contributed by atoms with Gasteiger partial charge in [0.25, 0.3) is 0 Å². The topological polar surface area (TPSA) is 113 Å². The lowest BCUT2D eigenvalue weighted by Crippen LogP contribution is -2.33. The van der Waals surface area contributed by atoms with Crippen LogP contribution in [0.2, 0.25) is 25.1 Å². The normalized spacial score (nSPS) is 16.6. The van der Waals surface area contributed by atoms with Crippen LogP contribution in [-0.2, 0) is 21.6 Å². The third-order valence-corrected chi connectivity index (χ3v) is 8.76. The SMILES string of the molecule is CS.O=C(O)CCc1cc2c(c(Cl)c1O)Oc1cc(O)c(Br)cc1C21OC(=O)c2c(Cl)c(Cl)c(Cl)c(Cl)c21. The van der Waals surface area contributed by atoms with Crippen LogP contribution in [0, 0.1) is 0 Å². The van der Waals surface area contributed by atoms with Gasteiger partial charge in [0.05, 0.1) is 30.1 Å². The van der Waals surface area contributed by atoms with Crippen LogP contribution >= 0.6 is 86.6 Å². The number of rotatable bonds is 3. The number of carbonyl (C=O) groups excluding carboxylic acids is 1. The summed E-state index contributed by atoms with van der Waals surface area (Å²) in [4.78, 5) is 24.5. The van der Waals surface area contributed by atoms with E-state index in [1.54, 1.807) is 6.26 Å². The summed E-state index contributed by atoms with van der Waals surface area (Å²) in [5.74, 6) is -2.68. The Morgan fingerprint density at radius 2 is 1.61 bits per heavy atom. The van der Waals surface area contributed by atoms with Crippen molar-refractivity contribution in [3.05, 3.63) is 75.6 Å². The molecule has 0 aliphatic carbocycles. The van der Waals surface area contributed by atoms with E-state index in [0.29, 0.717) is 0 Å². The Hall–Kier alpha value is -1.72. The fourth-order valence-electron chi connectivity index (χ4n) is 4.40. The van der Waals surface area contributed by atoms with Gasteiger partial charge >= 0.3 is 11.9 Å². The van der Waals surface area contributed by atoms with E-state index < -0.39 is 23.3 Å². The molecule has 1 spiro atoms. The third kappa shape index (κ3) is 4.27. The van der Waals surface area contributed by atoms with E-state index in [2.05, 4.69) is 28.6 Å². The van der Waals surface area contributed by atoms with Crippen molar-refractivity contribution < 1.29 is 34.4 Å². The van der Waals surface area contributed by atoms with Crippen LogP contribution in [0.5, 0.6) is 23.0 Å². The van der Waals surface area contributed by atoms with Gasteiger partial charge in [0.15, 0.2) is 11.4 Å². The maximum Gasteiger partial charge on any atom is 0.341 e. The minimum Gasteiger partial charge on any atom is -0.507 e. The Bertz CT molecular complexity index is 1550. The van der Waals surface area contributed by atoms with E-state index in [0.717, 1.165) is 0 Å². The van der Waals surface area contributed by atoms with Crippen LogP contribution in [0.1, 0.15) is 39.0 Å². The minimum absolute atomic E-state index is 0.0293. The Morgan fingerprint density at radius 1 is 0.974 bits per heavy atom. The van der Waals surface area contributed by atoms with Gasteiger partial charge in [0, 0.05) is 29.2 Å². The molecule has 0 saturated heterocycles. The average Bonchev–Trinajstić information content (AvgIpc) is 3.19. The first kappa shape index (κ1) is 29.3. The molecule has 5 rings (SSSR count). The molecule has 3 aromatic rings. The van der Waals surface area contributed by atoms with Crippen LogP contribution in [0.3, 0.4) is 0 Å². The molecule has 1 unspecified atom stereocenters. The first-order chi connectivity index (χ1) is 17.9. The molecule has 0 amide bonds. The Morgan fingerprint density at radius 3 is 2.24 bits per heavy atom. The van der Waals surface area contributed by atoms with E-state index in [9.17, 15) is 19.8 Å². The maximum atomic E-state index is 13.3. The number of ether oxygens (including phenoxy) is 2. The van der Waals surface area contributed by atoms with Crippen molar-refractivity contribution in [3.8, 4) is 23.0 Å². The number of halogens is 6. The first-order valence-electron chi connectivity index (χ1n) is 10.4. The molecule has 3 aromatic carbocycles. The number of esters is 1. The molecule has 0 saturated carbocycles. The Balaban J connectivity index is 0.00000164. The number of aliphatic carboxylic acids is 1. The lowest BCUT2D eigenvalue weighted by Gasteiger charge is -2.38.